The number of nitrogens with zero attached hydrogens (tertiary/aromatic N) is 2. The van der Waals surface area contributed by atoms with Gasteiger partial charge < -0.3 is 20.1 Å². The summed E-state index contributed by atoms with van der Waals surface area (Å²) in [6.07, 6.45) is 6.77. The Morgan fingerprint density at radius 2 is 1.90 bits per heavy atom. The van der Waals surface area contributed by atoms with Crippen molar-refractivity contribution in [2.24, 2.45) is 4.99 Å². The number of ether oxygens (including phenoxy) is 2. The van der Waals surface area contributed by atoms with Crippen LogP contribution in [0, 0.1) is 0 Å². The molecule has 0 radical (unpaired) electrons. The fourth-order valence-corrected chi connectivity index (χ4v) is 4.46. The molecule has 3 rings (SSSR count). The number of likely N-dealkylation sites (tertiary alicyclic amines) is 1. The van der Waals surface area contributed by atoms with E-state index in [9.17, 15) is 0 Å². The van der Waals surface area contributed by atoms with Crippen molar-refractivity contribution in [1.29, 1.82) is 0 Å². The Morgan fingerprint density at radius 1 is 1.10 bits per heavy atom. The van der Waals surface area contributed by atoms with Crippen molar-refractivity contribution in [2.75, 3.05) is 39.5 Å². The Hall–Kier alpha value is -1.63. The van der Waals surface area contributed by atoms with Crippen molar-refractivity contribution in [1.82, 2.24) is 15.5 Å². The number of hydrogen-bond donors (Lipinski definition) is 2. The molecule has 0 aromatic heterocycles. The van der Waals surface area contributed by atoms with Crippen LogP contribution in [0.1, 0.15) is 57.1 Å². The first-order valence-corrected chi connectivity index (χ1v) is 11.8. The third-order valence-electron chi connectivity index (χ3n) is 6.00. The van der Waals surface area contributed by atoms with Crippen LogP contribution in [-0.4, -0.2) is 62.4 Å². The van der Waals surface area contributed by atoms with Gasteiger partial charge in [-0.25, -0.2) is 4.99 Å². The maximum Gasteiger partial charge on any atom is 0.191 e. The molecule has 1 saturated heterocycles. The third-order valence-corrected chi connectivity index (χ3v) is 6.00. The topological polar surface area (TPSA) is 58.1 Å². The maximum atomic E-state index is 5.69. The molecule has 2 fully saturated rings. The van der Waals surface area contributed by atoms with E-state index in [-0.39, 0.29) is 0 Å². The van der Waals surface area contributed by atoms with Gasteiger partial charge in [-0.2, -0.15) is 0 Å². The average Bonchev–Trinajstić information content (AvgIpc) is 3.44. The predicted octanol–water partition coefficient (Wildman–Crippen LogP) is 3.31. The van der Waals surface area contributed by atoms with Gasteiger partial charge in [0.05, 0.1) is 26.4 Å². The summed E-state index contributed by atoms with van der Waals surface area (Å²) in [5.41, 5.74) is 2.39. The molecule has 2 aliphatic rings. The first kappa shape index (κ1) is 23.0. The zero-order valence-electron chi connectivity index (χ0n) is 18.9. The monoisotopic (exact) mass is 416 g/mol. The summed E-state index contributed by atoms with van der Waals surface area (Å²) in [5, 5.41) is 7.08. The highest BCUT2D eigenvalue weighted by atomic mass is 16.5. The van der Waals surface area contributed by atoms with E-state index >= 15 is 0 Å². The van der Waals surface area contributed by atoms with Crippen LogP contribution in [0.25, 0.3) is 0 Å². The minimum Gasteiger partial charge on any atom is -0.379 e. The van der Waals surface area contributed by atoms with E-state index in [1.807, 2.05) is 6.92 Å². The minimum absolute atomic E-state index is 0.494. The van der Waals surface area contributed by atoms with E-state index in [1.54, 1.807) is 0 Å². The standard InChI is InChI=1S/C24H40N4O2/c1-3-25-24(27-22-12-13-28(18-22)23-10-5-6-11-23)26-17-20-8-7-9-21(16-20)19-30-15-14-29-4-2/h7-9,16,22-23H,3-6,10-15,17-19H2,1-2H3,(H2,25,26,27). The van der Waals surface area contributed by atoms with E-state index in [1.165, 1.54) is 49.8 Å². The van der Waals surface area contributed by atoms with Gasteiger partial charge in [-0.3, -0.25) is 4.90 Å². The van der Waals surface area contributed by atoms with E-state index < -0.39 is 0 Å². The Labute approximate surface area is 182 Å². The molecular weight excluding hydrogens is 376 g/mol. The van der Waals surface area contributed by atoms with Crippen LogP contribution < -0.4 is 10.6 Å². The Kier molecular flexibility index (Phi) is 9.93. The lowest BCUT2D eigenvalue weighted by atomic mass is 10.1. The lowest BCUT2D eigenvalue weighted by molar-refractivity contribution is 0.0453. The van der Waals surface area contributed by atoms with Crippen molar-refractivity contribution in [2.45, 2.75) is 71.2 Å². The largest absolute Gasteiger partial charge is 0.379 e. The molecule has 1 aromatic carbocycles. The fourth-order valence-electron chi connectivity index (χ4n) is 4.46. The molecule has 0 amide bonds. The van der Waals surface area contributed by atoms with Gasteiger partial charge in [-0.1, -0.05) is 37.1 Å². The molecule has 168 valence electrons. The zero-order valence-corrected chi connectivity index (χ0v) is 18.9. The lowest BCUT2D eigenvalue weighted by Gasteiger charge is -2.24. The molecular formula is C24H40N4O2. The summed E-state index contributed by atoms with van der Waals surface area (Å²) in [4.78, 5) is 7.53. The summed E-state index contributed by atoms with van der Waals surface area (Å²) in [6.45, 7) is 10.6. The van der Waals surface area contributed by atoms with Crippen LogP contribution in [0.15, 0.2) is 29.3 Å². The molecule has 2 N–H and O–H groups in total. The lowest BCUT2D eigenvalue weighted by Crippen LogP contribution is -2.45. The number of nitrogens with one attached hydrogen (secondary N) is 2. The van der Waals surface area contributed by atoms with Crippen molar-refractivity contribution in [3.63, 3.8) is 0 Å². The van der Waals surface area contributed by atoms with E-state index in [0.717, 1.165) is 31.7 Å². The number of aliphatic imine (C=N–C) groups is 1. The highest BCUT2D eigenvalue weighted by Crippen LogP contribution is 2.26. The smallest absolute Gasteiger partial charge is 0.191 e. The highest BCUT2D eigenvalue weighted by molar-refractivity contribution is 5.80. The molecule has 1 aromatic rings. The number of guanidine groups is 1. The molecule has 1 aliphatic carbocycles. The molecule has 1 atom stereocenters. The second-order valence-electron chi connectivity index (χ2n) is 8.33. The summed E-state index contributed by atoms with van der Waals surface area (Å²) >= 11 is 0. The van der Waals surface area contributed by atoms with Crippen LogP contribution in [0.3, 0.4) is 0 Å². The third kappa shape index (κ3) is 7.56. The van der Waals surface area contributed by atoms with Gasteiger partial charge in [-0.05, 0) is 44.2 Å². The van der Waals surface area contributed by atoms with Crippen molar-refractivity contribution < 1.29 is 9.47 Å². The van der Waals surface area contributed by atoms with Gasteiger partial charge in [0.15, 0.2) is 5.96 Å². The molecule has 1 saturated carbocycles. The summed E-state index contributed by atoms with van der Waals surface area (Å²) in [5.74, 6) is 0.925. The van der Waals surface area contributed by atoms with Crippen molar-refractivity contribution >= 4 is 5.96 Å². The van der Waals surface area contributed by atoms with E-state index in [0.29, 0.717) is 32.4 Å². The molecule has 1 unspecified atom stereocenters. The molecule has 30 heavy (non-hydrogen) atoms. The molecule has 0 bridgehead atoms. The minimum atomic E-state index is 0.494. The second-order valence-corrected chi connectivity index (χ2v) is 8.33. The van der Waals surface area contributed by atoms with Crippen molar-refractivity contribution in [3.8, 4) is 0 Å². The average molecular weight is 417 g/mol. The van der Waals surface area contributed by atoms with Crippen LogP contribution >= 0.6 is 0 Å². The summed E-state index contributed by atoms with van der Waals surface area (Å²) in [7, 11) is 0. The fraction of sp³-hybridized carbons (Fsp3) is 0.708. The quantitative estimate of drug-likeness (QED) is 0.329. The van der Waals surface area contributed by atoms with E-state index in [2.05, 4.69) is 46.7 Å². The Balaban J connectivity index is 1.47. The van der Waals surface area contributed by atoms with Crippen molar-refractivity contribution in [3.05, 3.63) is 35.4 Å². The summed E-state index contributed by atoms with van der Waals surface area (Å²) in [6, 6.07) is 9.82. The second kappa shape index (κ2) is 12.9. The number of hydrogen-bond acceptors (Lipinski definition) is 4. The predicted molar refractivity (Wildman–Crippen MR) is 123 cm³/mol. The van der Waals surface area contributed by atoms with Crippen LogP contribution in [-0.2, 0) is 22.6 Å². The molecule has 6 heteroatoms. The van der Waals surface area contributed by atoms with Gasteiger partial charge in [0.2, 0.25) is 0 Å². The van der Waals surface area contributed by atoms with Gasteiger partial charge in [0, 0.05) is 38.3 Å². The van der Waals surface area contributed by atoms with Crippen LogP contribution in [0.5, 0.6) is 0 Å². The number of rotatable bonds is 11. The molecule has 0 spiro atoms. The normalized spacial score (nSPS) is 20.7. The van der Waals surface area contributed by atoms with Gasteiger partial charge in [-0.15, -0.1) is 0 Å². The van der Waals surface area contributed by atoms with Gasteiger partial charge in [0.25, 0.3) is 0 Å². The zero-order chi connectivity index (χ0) is 21.0. The summed E-state index contributed by atoms with van der Waals surface area (Å²) < 4.78 is 11.0. The SMILES string of the molecule is CCNC(=NCc1cccc(COCCOCC)c1)NC1CCN(C2CCCC2)C1. The first-order chi connectivity index (χ1) is 14.8. The Morgan fingerprint density at radius 3 is 2.70 bits per heavy atom. The van der Waals surface area contributed by atoms with Gasteiger partial charge in [0.1, 0.15) is 0 Å². The van der Waals surface area contributed by atoms with Crippen LogP contribution in [0.2, 0.25) is 0 Å². The first-order valence-electron chi connectivity index (χ1n) is 11.8. The maximum absolute atomic E-state index is 5.69. The van der Waals surface area contributed by atoms with Gasteiger partial charge >= 0.3 is 0 Å². The van der Waals surface area contributed by atoms with Crippen LogP contribution in [0.4, 0.5) is 0 Å². The molecule has 1 heterocycles. The molecule has 1 aliphatic heterocycles. The Bertz CT molecular complexity index is 646. The number of benzene rings is 1. The van der Waals surface area contributed by atoms with E-state index in [4.69, 9.17) is 14.5 Å². The highest BCUT2D eigenvalue weighted by Gasteiger charge is 2.30. The molecule has 6 nitrogen and oxygen atoms in total.